The molecule has 0 fully saturated rings. The van der Waals surface area contributed by atoms with Gasteiger partial charge in [0.1, 0.15) is 0 Å². The van der Waals surface area contributed by atoms with Gasteiger partial charge in [0.05, 0.1) is 16.4 Å². The normalized spacial score (nSPS) is 12.8. The molecule has 0 unspecified atom stereocenters. The van der Waals surface area contributed by atoms with Crippen molar-refractivity contribution < 1.29 is 0 Å². The van der Waals surface area contributed by atoms with Crippen LogP contribution in [0.2, 0.25) is 0 Å². The summed E-state index contributed by atoms with van der Waals surface area (Å²) in [7, 11) is 0. The summed E-state index contributed by atoms with van der Waals surface area (Å²) < 4.78 is 0. The van der Waals surface area contributed by atoms with Gasteiger partial charge in [-0.05, 0) is 38.1 Å². The average molecular weight is 285 g/mol. The molecule has 0 aliphatic heterocycles. The lowest BCUT2D eigenvalue weighted by Crippen LogP contribution is -2.02. The van der Waals surface area contributed by atoms with Crippen LogP contribution in [0.1, 0.15) is 13.8 Å². The van der Waals surface area contributed by atoms with Gasteiger partial charge in [-0.3, -0.25) is 4.99 Å². The van der Waals surface area contributed by atoms with Crippen LogP contribution in [-0.2, 0) is 0 Å². The molecule has 0 spiro atoms. The predicted octanol–water partition coefficient (Wildman–Crippen LogP) is 5.36. The fourth-order valence-corrected chi connectivity index (χ4v) is 1.90. The van der Waals surface area contributed by atoms with Crippen LogP contribution in [-0.4, -0.2) is 5.71 Å². The summed E-state index contributed by atoms with van der Waals surface area (Å²) in [6.45, 7) is 3.85. The van der Waals surface area contributed by atoms with Crippen LogP contribution in [0.5, 0.6) is 0 Å². The summed E-state index contributed by atoms with van der Waals surface area (Å²) in [5.41, 5.74) is 3.58. The fraction of sp³-hybridized carbons (Fsp3) is 0.118. The van der Waals surface area contributed by atoms with Crippen LogP contribution in [0.25, 0.3) is 0 Å². The van der Waals surface area contributed by atoms with Gasteiger partial charge in [-0.2, -0.15) is 0 Å². The molecule has 2 rings (SSSR count). The number of halogens is 1. The molecule has 0 bridgehead atoms. The van der Waals surface area contributed by atoms with Crippen molar-refractivity contribution in [3.8, 4) is 0 Å². The van der Waals surface area contributed by atoms with E-state index in [0.29, 0.717) is 5.03 Å². The van der Waals surface area contributed by atoms with E-state index in [-0.39, 0.29) is 0 Å². The molecule has 2 aromatic rings. The second kappa shape index (κ2) is 6.92. The number of allylic oxidation sites excluding steroid dienone is 2. The highest BCUT2D eigenvalue weighted by molar-refractivity contribution is 6.43. The minimum atomic E-state index is 0.637. The smallest absolute Gasteiger partial charge is 0.0807 e. The Bertz CT molecular complexity index is 616. The van der Waals surface area contributed by atoms with Crippen LogP contribution in [0.4, 0.5) is 11.4 Å². The molecule has 0 heterocycles. The average Bonchev–Trinajstić information content (AvgIpc) is 2.48. The fourth-order valence-electron chi connectivity index (χ4n) is 1.81. The molecule has 2 nitrogen and oxygen atoms in total. The van der Waals surface area contributed by atoms with Gasteiger partial charge in [-0.1, -0.05) is 48.0 Å². The van der Waals surface area contributed by atoms with E-state index < -0.39 is 0 Å². The van der Waals surface area contributed by atoms with E-state index in [1.807, 2.05) is 74.5 Å². The molecular weight excluding hydrogens is 268 g/mol. The van der Waals surface area contributed by atoms with Gasteiger partial charge >= 0.3 is 0 Å². The molecule has 0 aromatic heterocycles. The molecule has 0 saturated carbocycles. The first kappa shape index (κ1) is 14.4. The Balaban J connectivity index is 2.18. The van der Waals surface area contributed by atoms with Crippen LogP contribution in [0.3, 0.4) is 0 Å². The number of para-hydroxylation sites is 2. The molecule has 2 aromatic carbocycles. The summed E-state index contributed by atoms with van der Waals surface area (Å²) in [5, 5.41) is 3.91. The zero-order valence-corrected chi connectivity index (χ0v) is 12.4. The van der Waals surface area contributed by atoms with Crippen LogP contribution < -0.4 is 5.32 Å². The minimum Gasteiger partial charge on any atom is -0.358 e. The third-order valence-electron chi connectivity index (χ3n) is 2.81. The molecular formula is C17H17ClN2. The highest BCUT2D eigenvalue weighted by Gasteiger charge is 2.04. The maximum atomic E-state index is 6.37. The standard InChI is InChI=1S/C17H17ClN2/c1-13(19-15-9-5-3-6-10-15)17(18)14(2)20-16-11-7-4-8-12-16/h3-12,19H,1-2H3/b17-13-,20-14?. The summed E-state index contributed by atoms with van der Waals surface area (Å²) in [5.74, 6) is 0. The van der Waals surface area contributed by atoms with Crippen molar-refractivity contribution in [2.45, 2.75) is 13.8 Å². The molecule has 0 atom stereocenters. The van der Waals surface area contributed by atoms with Gasteiger partial charge in [0.2, 0.25) is 0 Å². The Morgan fingerprint density at radius 3 is 2.05 bits per heavy atom. The molecule has 0 aliphatic rings. The highest BCUT2D eigenvalue weighted by atomic mass is 35.5. The van der Waals surface area contributed by atoms with Gasteiger partial charge in [-0.25, -0.2) is 0 Å². The number of nitrogens with one attached hydrogen (secondary N) is 1. The molecule has 0 amide bonds. The summed E-state index contributed by atoms with van der Waals surface area (Å²) in [4.78, 5) is 4.51. The van der Waals surface area contributed by atoms with Gasteiger partial charge in [-0.15, -0.1) is 0 Å². The summed E-state index contributed by atoms with van der Waals surface area (Å²) >= 11 is 6.37. The first-order valence-corrected chi connectivity index (χ1v) is 6.84. The molecule has 0 radical (unpaired) electrons. The lowest BCUT2D eigenvalue weighted by molar-refractivity contribution is 1.36. The minimum absolute atomic E-state index is 0.637. The van der Waals surface area contributed by atoms with Gasteiger partial charge in [0, 0.05) is 11.4 Å². The van der Waals surface area contributed by atoms with Gasteiger partial charge in [0.25, 0.3) is 0 Å². The van der Waals surface area contributed by atoms with E-state index in [1.165, 1.54) is 0 Å². The summed E-state index contributed by atoms with van der Waals surface area (Å²) in [6, 6.07) is 19.7. The second-order valence-corrected chi connectivity index (χ2v) is 4.84. The van der Waals surface area contributed by atoms with Crippen molar-refractivity contribution in [2.75, 3.05) is 5.32 Å². The number of benzene rings is 2. The highest BCUT2D eigenvalue weighted by Crippen LogP contribution is 2.18. The quantitative estimate of drug-likeness (QED) is 0.751. The Labute approximate surface area is 124 Å². The largest absolute Gasteiger partial charge is 0.358 e. The zero-order valence-electron chi connectivity index (χ0n) is 11.6. The number of anilines is 1. The number of rotatable bonds is 4. The maximum absolute atomic E-state index is 6.37. The van der Waals surface area contributed by atoms with E-state index in [2.05, 4.69) is 10.3 Å². The molecule has 20 heavy (non-hydrogen) atoms. The van der Waals surface area contributed by atoms with Gasteiger partial charge < -0.3 is 5.32 Å². The predicted molar refractivity (Wildman–Crippen MR) is 87.8 cm³/mol. The molecule has 3 heteroatoms. The Hall–Kier alpha value is -2.06. The molecule has 0 aliphatic carbocycles. The third-order valence-corrected chi connectivity index (χ3v) is 3.36. The molecule has 1 N–H and O–H groups in total. The SMILES string of the molecule is CC(=Nc1ccccc1)/C(Cl)=C(\C)Nc1ccccc1. The van der Waals surface area contributed by atoms with Crippen LogP contribution in [0, 0.1) is 0 Å². The van der Waals surface area contributed by atoms with Crippen LogP contribution >= 0.6 is 11.6 Å². The van der Waals surface area contributed by atoms with E-state index in [9.17, 15) is 0 Å². The van der Waals surface area contributed by atoms with Crippen LogP contribution in [0.15, 0.2) is 76.4 Å². The van der Waals surface area contributed by atoms with Gasteiger partial charge in [0.15, 0.2) is 0 Å². The monoisotopic (exact) mass is 284 g/mol. The number of aliphatic imine (C=N–C) groups is 1. The summed E-state index contributed by atoms with van der Waals surface area (Å²) in [6.07, 6.45) is 0. The Kier molecular flexibility index (Phi) is 4.97. The lowest BCUT2D eigenvalue weighted by atomic mass is 10.2. The number of hydrogen-bond acceptors (Lipinski definition) is 2. The van der Waals surface area contributed by atoms with E-state index in [1.54, 1.807) is 0 Å². The molecule has 102 valence electrons. The maximum Gasteiger partial charge on any atom is 0.0807 e. The molecule has 0 saturated heterocycles. The third kappa shape index (κ3) is 3.97. The second-order valence-electron chi connectivity index (χ2n) is 4.46. The van der Waals surface area contributed by atoms with Crippen molar-refractivity contribution in [1.82, 2.24) is 0 Å². The topological polar surface area (TPSA) is 24.4 Å². The van der Waals surface area contributed by atoms with E-state index in [0.717, 1.165) is 22.8 Å². The first-order chi connectivity index (χ1) is 9.66. The van der Waals surface area contributed by atoms with E-state index >= 15 is 0 Å². The van der Waals surface area contributed by atoms with Crippen molar-refractivity contribution in [3.05, 3.63) is 71.4 Å². The van der Waals surface area contributed by atoms with Crippen molar-refractivity contribution in [1.29, 1.82) is 0 Å². The van der Waals surface area contributed by atoms with Crippen molar-refractivity contribution in [3.63, 3.8) is 0 Å². The Morgan fingerprint density at radius 1 is 0.900 bits per heavy atom. The first-order valence-electron chi connectivity index (χ1n) is 6.46. The number of nitrogens with zero attached hydrogens (tertiary/aromatic N) is 1. The number of hydrogen-bond donors (Lipinski definition) is 1. The van der Waals surface area contributed by atoms with Crippen molar-refractivity contribution >= 4 is 28.7 Å². The van der Waals surface area contributed by atoms with E-state index in [4.69, 9.17) is 11.6 Å². The lowest BCUT2D eigenvalue weighted by Gasteiger charge is -2.09. The zero-order chi connectivity index (χ0) is 14.4. The Morgan fingerprint density at radius 2 is 1.45 bits per heavy atom. The van der Waals surface area contributed by atoms with Crippen molar-refractivity contribution in [2.24, 2.45) is 4.99 Å².